The molecule has 0 aromatic heterocycles. The molecule has 1 heterocycles. The lowest BCUT2D eigenvalue weighted by atomic mass is 9.84. The molecule has 1 saturated carbocycles. The number of carbonyl (C=O) groups excluding carboxylic acids is 1. The Morgan fingerprint density at radius 3 is 2.48 bits per heavy atom. The maximum Gasteiger partial charge on any atom is 0.225 e. The van der Waals surface area contributed by atoms with Gasteiger partial charge in [0.1, 0.15) is 5.82 Å². The SMILES string of the molecule is CCNC(=NCCN1CCN(C(=O)C2CCC2)CC1)N(C)Cc1ccc(F)cc1. The number of aliphatic imine (C=N–C) groups is 1. The summed E-state index contributed by atoms with van der Waals surface area (Å²) in [5.41, 5.74) is 1.05. The number of benzene rings is 1. The summed E-state index contributed by atoms with van der Waals surface area (Å²) < 4.78 is 13.1. The van der Waals surface area contributed by atoms with Crippen LogP contribution in [0.15, 0.2) is 29.3 Å². The third kappa shape index (κ3) is 6.16. The van der Waals surface area contributed by atoms with Crippen LogP contribution in [0.5, 0.6) is 0 Å². The molecule has 1 aromatic rings. The van der Waals surface area contributed by atoms with Gasteiger partial charge in [-0.1, -0.05) is 18.6 Å². The minimum absolute atomic E-state index is 0.216. The largest absolute Gasteiger partial charge is 0.357 e. The second-order valence-corrected chi connectivity index (χ2v) is 8.01. The molecule has 0 spiro atoms. The van der Waals surface area contributed by atoms with Gasteiger partial charge in [-0.15, -0.1) is 0 Å². The van der Waals surface area contributed by atoms with Crippen LogP contribution < -0.4 is 5.32 Å². The van der Waals surface area contributed by atoms with Crippen molar-refractivity contribution in [3.63, 3.8) is 0 Å². The maximum atomic E-state index is 13.1. The molecular weight excluding hydrogens is 369 g/mol. The van der Waals surface area contributed by atoms with E-state index >= 15 is 0 Å². The molecule has 0 bridgehead atoms. The van der Waals surface area contributed by atoms with Gasteiger partial charge in [0.25, 0.3) is 0 Å². The summed E-state index contributed by atoms with van der Waals surface area (Å²) in [5.74, 6) is 1.30. The highest BCUT2D eigenvalue weighted by molar-refractivity contribution is 5.80. The van der Waals surface area contributed by atoms with Crippen molar-refractivity contribution >= 4 is 11.9 Å². The smallest absolute Gasteiger partial charge is 0.225 e. The Morgan fingerprint density at radius 1 is 1.21 bits per heavy atom. The number of hydrogen-bond acceptors (Lipinski definition) is 3. The Kier molecular flexibility index (Phi) is 7.86. The molecule has 1 amide bonds. The van der Waals surface area contributed by atoms with Gasteiger partial charge in [-0.2, -0.15) is 0 Å². The van der Waals surface area contributed by atoms with Gasteiger partial charge in [0.15, 0.2) is 5.96 Å². The fourth-order valence-corrected chi connectivity index (χ4v) is 3.81. The molecule has 0 unspecified atom stereocenters. The molecule has 6 nitrogen and oxygen atoms in total. The molecule has 2 aliphatic rings. The van der Waals surface area contributed by atoms with Crippen LogP contribution in [0.3, 0.4) is 0 Å². The van der Waals surface area contributed by atoms with Crippen molar-refractivity contribution in [3.8, 4) is 0 Å². The minimum Gasteiger partial charge on any atom is -0.357 e. The lowest BCUT2D eigenvalue weighted by Crippen LogP contribution is -2.51. The lowest BCUT2D eigenvalue weighted by Gasteiger charge is -2.38. The zero-order chi connectivity index (χ0) is 20.6. The summed E-state index contributed by atoms with van der Waals surface area (Å²) in [6.07, 6.45) is 3.36. The molecule has 160 valence electrons. The van der Waals surface area contributed by atoms with E-state index in [9.17, 15) is 9.18 Å². The second kappa shape index (κ2) is 10.6. The number of carbonyl (C=O) groups is 1. The molecule has 0 radical (unpaired) electrons. The van der Waals surface area contributed by atoms with E-state index in [1.165, 1.54) is 18.6 Å². The Labute approximate surface area is 173 Å². The van der Waals surface area contributed by atoms with Crippen LogP contribution in [0.2, 0.25) is 0 Å². The number of hydrogen-bond donors (Lipinski definition) is 1. The fourth-order valence-electron chi connectivity index (χ4n) is 3.81. The Bertz CT molecular complexity index is 681. The third-order valence-electron chi connectivity index (χ3n) is 5.85. The van der Waals surface area contributed by atoms with Gasteiger partial charge in [-0.05, 0) is 37.5 Å². The second-order valence-electron chi connectivity index (χ2n) is 8.01. The van der Waals surface area contributed by atoms with Gasteiger partial charge < -0.3 is 15.1 Å². The Morgan fingerprint density at radius 2 is 1.90 bits per heavy atom. The number of piperazine rings is 1. The van der Waals surface area contributed by atoms with Crippen LogP contribution in [0, 0.1) is 11.7 Å². The summed E-state index contributed by atoms with van der Waals surface area (Å²) in [5, 5.41) is 3.33. The first-order valence-corrected chi connectivity index (χ1v) is 10.8. The average molecular weight is 404 g/mol. The number of halogens is 1. The normalized spacial score (nSPS) is 18.4. The van der Waals surface area contributed by atoms with Crippen molar-refractivity contribution in [1.29, 1.82) is 0 Å². The van der Waals surface area contributed by atoms with Gasteiger partial charge in [0.2, 0.25) is 5.91 Å². The first-order chi connectivity index (χ1) is 14.1. The van der Waals surface area contributed by atoms with Gasteiger partial charge in [0.05, 0.1) is 6.54 Å². The van der Waals surface area contributed by atoms with Crippen molar-refractivity contribution in [2.45, 2.75) is 32.7 Å². The average Bonchev–Trinajstić information content (AvgIpc) is 2.68. The number of amides is 1. The van der Waals surface area contributed by atoms with E-state index in [1.807, 2.05) is 11.9 Å². The van der Waals surface area contributed by atoms with Crippen LogP contribution in [-0.4, -0.2) is 79.4 Å². The predicted octanol–water partition coefficient (Wildman–Crippen LogP) is 2.17. The number of rotatable bonds is 7. The van der Waals surface area contributed by atoms with Gasteiger partial charge in [0, 0.05) is 58.8 Å². The van der Waals surface area contributed by atoms with Crippen molar-refractivity contribution < 1.29 is 9.18 Å². The molecule has 3 rings (SSSR count). The lowest BCUT2D eigenvalue weighted by molar-refractivity contribution is -0.139. The molecule has 1 saturated heterocycles. The van der Waals surface area contributed by atoms with Crippen LogP contribution >= 0.6 is 0 Å². The standard InChI is InChI=1S/C22H34FN5O/c1-3-24-22(26(2)17-18-7-9-20(23)10-8-18)25-11-12-27-13-15-28(16-14-27)21(29)19-5-4-6-19/h7-10,19H,3-6,11-17H2,1-2H3,(H,24,25). The highest BCUT2D eigenvalue weighted by Gasteiger charge is 2.30. The van der Waals surface area contributed by atoms with Gasteiger partial charge in [-0.25, -0.2) is 4.39 Å². The summed E-state index contributed by atoms with van der Waals surface area (Å²) >= 11 is 0. The summed E-state index contributed by atoms with van der Waals surface area (Å²) in [6.45, 7) is 8.67. The fraction of sp³-hybridized carbons (Fsp3) is 0.636. The summed E-state index contributed by atoms with van der Waals surface area (Å²) in [7, 11) is 2.00. The first kappa shape index (κ1) is 21.6. The van der Waals surface area contributed by atoms with Gasteiger partial charge in [-0.3, -0.25) is 14.7 Å². The topological polar surface area (TPSA) is 51.2 Å². The van der Waals surface area contributed by atoms with Crippen LogP contribution in [0.4, 0.5) is 4.39 Å². The Balaban J connectivity index is 1.44. The quantitative estimate of drug-likeness (QED) is 0.560. The van der Waals surface area contributed by atoms with Crippen LogP contribution in [-0.2, 0) is 11.3 Å². The molecule has 1 N–H and O–H groups in total. The number of nitrogens with one attached hydrogen (secondary N) is 1. The first-order valence-electron chi connectivity index (χ1n) is 10.8. The highest BCUT2D eigenvalue weighted by atomic mass is 19.1. The molecule has 0 atom stereocenters. The van der Waals surface area contributed by atoms with Crippen molar-refractivity contribution in [2.75, 3.05) is 52.9 Å². The number of nitrogens with zero attached hydrogens (tertiary/aromatic N) is 4. The van der Waals surface area contributed by atoms with Gasteiger partial charge >= 0.3 is 0 Å². The minimum atomic E-state index is -0.216. The number of guanidine groups is 1. The summed E-state index contributed by atoms with van der Waals surface area (Å²) in [6, 6.07) is 6.59. The molecular formula is C22H34FN5O. The molecule has 7 heteroatoms. The van der Waals surface area contributed by atoms with E-state index in [4.69, 9.17) is 4.99 Å². The van der Waals surface area contributed by atoms with E-state index in [0.717, 1.165) is 63.6 Å². The molecule has 29 heavy (non-hydrogen) atoms. The van der Waals surface area contributed by atoms with Crippen LogP contribution in [0.1, 0.15) is 31.7 Å². The van der Waals surface area contributed by atoms with Crippen molar-refractivity contribution in [1.82, 2.24) is 20.0 Å². The van der Waals surface area contributed by atoms with E-state index in [1.54, 1.807) is 12.1 Å². The molecule has 1 aliphatic heterocycles. The highest BCUT2D eigenvalue weighted by Crippen LogP contribution is 2.28. The zero-order valence-corrected chi connectivity index (χ0v) is 17.7. The third-order valence-corrected chi connectivity index (χ3v) is 5.85. The molecule has 2 fully saturated rings. The Hall–Kier alpha value is -2.15. The zero-order valence-electron chi connectivity index (χ0n) is 17.7. The van der Waals surface area contributed by atoms with E-state index in [0.29, 0.717) is 24.9 Å². The van der Waals surface area contributed by atoms with E-state index in [-0.39, 0.29) is 5.82 Å². The van der Waals surface area contributed by atoms with Crippen molar-refractivity contribution in [3.05, 3.63) is 35.6 Å². The van der Waals surface area contributed by atoms with Crippen molar-refractivity contribution in [2.24, 2.45) is 10.9 Å². The summed E-state index contributed by atoms with van der Waals surface area (Å²) in [4.78, 5) is 23.6. The molecule has 1 aromatic carbocycles. The maximum absolute atomic E-state index is 13.1. The van der Waals surface area contributed by atoms with Crippen LogP contribution in [0.25, 0.3) is 0 Å². The van der Waals surface area contributed by atoms with E-state index < -0.39 is 0 Å². The van der Waals surface area contributed by atoms with E-state index in [2.05, 4.69) is 22.0 Å². The predicted molar refractivity (Wildman–Crippen MR) is 114 cm³/mol. The monoisotopic (exact) mass is 403 g/mol. The molecule has 1 aliphatic carbocycles.